The summed E-state index contributed by atoms with van der Waals surface area (Å²) < 4.78 is 16.7. The van der Waals surface area contributed by atoms with E-state index in [4.69, 9.17) is 14.2 Å². The second-order valence-electron chi connectivity index (χ2n) is 17.0. The van der Waals surface area contributed by atoms with Crippen LogP contribution in [0.3, 0.4) is 0 Å². The fraction of sp³-hybridized carbons (Fsp3) is 0.702. The second kappa shape index (κ2) is 51.2. The van der Waals surface area contributed by atoms with Gasteiger partial charge in [0.05, 0.1) is 0 Å². The van der Waals surface area contributed by atoms with Gasteiger partial charge in [-0.05, 0) is 109 Å². The third kappa shape index (κ3) is 49.5. The van der Waals surface area contributed by atoms with Gasteiger partial charge in [0.2, 0.25) is 0 Å². The topological polar surface area (TPSA) is 78.9 Å². The fourth-order valence-corrected chi connectivity index (χ4v) is 6.94. The lowest BCUT2D eigenvalue weighted by Crippen LogP contribution is -2.30. The first-order valence-electron chi connectivity index (χ1n) is 26.1. The summed E-state index contributed by atoms with van der Waals surface area (Å²) in [4.78, 5) is 38.0. The van der Waals surface area contributed by atoms with Crippen LogP contribution < -0.4 is 0 Å². The van der Waals surface area contributed by atoms with Gasteiger partial charge in [-0.25, -0.2) is 0 Å². The maximum Gasteiger partial charge on any atom is 0.306 e. The van der Waals surface area contributed by atoms with Crippen molar-refractivity contribution in [3.05, 3.63) is 85.1 Å². The fourth-order valence-electron chi connectivity index (χ4n) is 6.94. The van der Waals surface area contributed by atoms with Crippen molar-refractivity contribution in [1.29, 1.82) is 0 Å². The van der Waals surface area contributed by atoms with Crippen LogP contribution in [0.1, 0.15) is 239 Å². The zero-order valence-corrected chi connectivity index (χ0v) is 41.1. The summed E-state index contributed by atoms with van der Waals surface area (Å²) in [5.74, 6) is -0.980. The minimum atomic E-state index is -0.807. The zero-order valence-electron chi connectivity index (χ0n) is 41.1. The largest absolute Gasteiger partial charge is 0.462 e. The van der Waals surface area contributed by atoms with Gasteiger partial charge < -0.3 is 14.2 Å². The number of allylic oxidation sites excluding steroid dienone is 14. The summed E-state index contributed by atoms with van der Waals surface area (Å²) in [7, 11) is 0. The quantitative estimate of drug-likeness (QED) is 0.0262. The van der Waals surface area contributed by atoms with Gasteiger partial charge >= 0.3 is 17.9 Å². The Morgan fingerprint density at radius 3 is 1.08 bits per heavy atom. The number of ether oxygens (including phenoxy) is 3. The predicted molar refractivity (Wildman–Crippen MR) is 270 cm³/mol. The Labute approximate surface area is 388 Å². The lowest BCUT2D eigenvalue weighted by atomic mass is 10.1. The Bertz CT molecular complexity index is 1240. The highest BCUT2D eigenvalue weighted by atomic mass is 16.6. The van der Waals surface area contributed by atoms with Crippen LogP contribution in [-0.4, -0.2) is 37.2 Å². The molecule has 0 heterocycles. The highest BCUT2D eigenvalue weighted by Gasteiger charge is 2.19. The van der Waals surface area contributed by atoms with Crippen molar-refractivity contribution in [2.24, 2.45) is 0 Å². The van der Waals surface area contributed by atoms with Gasteiger partial charge in [-0.15, -0.1) is 0 Å². The first-order chi connectivity index (χ1) is 31.0. The number of hydrogen-bond donors (Lipinski definition) is 0. The maximum atomic E-state index is 12.8. The monoisotopic (exact) mass is 877 g/mol. The van der Waals surface area contributed by atoms with Crippen molar-refractivity contribution < 1.29 is 28.6 Å². The van der Waals surface area contributed by atoms with Crippen LogP contribution in [0, 0.1) is 0 Å². The second-order valence-corrected chi connectivity index (χ2v) is 17.0. The number of carbonyl (C=O) groups excluding carboxylic acids is 3. The van der Waals surface area contributed by atoms with E-state index < -0.39 is 6.10 Å². The molecule has 0 bridgehead atoms. The first kappa shape index (κ1) is 59.6. The third-order valence-corrected chi connectivity index (χ3v) is 10.9. The Balaban J connectivity index is 4.49. The lowest BCUT2D eigenvalue weighted by Gasteiger charge is -2.18. The summed E-state index contributed by atoms with van der Waals surface area (Å²) in [5.41, 5.74) is 0. The molecule has 0 radical (unpaired) electrons. The Morgan fingerprint density at radius 1 is 0.333 bits per heavy atom. The first-order valence-corrected chi connectivity index (χ1v) is 26.1. The summed E-state index contributed by atoms with van der Waals surface area (Å²) >= 11 is 0. The van der Waals surface area contributed by atoms with E-state index in [-0.39, 0.29) is 37.5 Å². The Hall–Kier alpha value is -3.41. The third-order valence-electron chi connectivity index (χ3n) is 10.9. The molecule has 0 saturated heterocycles. The van der Waals surface area contributed by atoms with Gasteiger partial charge in [-0.3, -0.25) is 14.4 Å². The van der Waals surface area contributed by atoms with Crippen LogP contribution in [0.25, 0.3) is 0 Å². The standard InChI is InChI=1S/C57H96O6/c1-4-7-10-13-16-19-22-25-27-29-31-32-35-38-41-44-47-50-56(59)62-53-54(52-61-55(58)49-46-43-40-37-34-24-21-18-15-12-9-6-3)63-57(60)51-48-45-42-39-36-33-30-28-26-23-20-17-14-11-8-5-2/h8,11,17-18,20-21,25-28,31-32,38,41,54H,4-7,9-10,12-16,19,22-24,29-30,33-37,39-40,42-53H2,1-3H3/b11-8-,20-17-,21-18-,27-25-,28-26-,32-31-,41-38-. The molecule has 0 aliphatic carbocycles. The molecule has 0 aromatic rings. The van der Waals surface area contributed by atoms with Crippen molar-refractivity contribution in [2.45, 2.75) is 245 Å². The molecule has 0 aliphatic heterocycles. The number of rotatable bonds is 46. The van der Waals surface area contributed by atoms with E-state index in [0.29, 0.717) is 19.3 Å². The molecule has 0 aromatic carbocycles. The van der Waals surface area contributed by atoms with E-state index in [2.05, 4.69) is 106 Å². The smallest absolute Gasteiger partial charge is 0.306 e. The highest BCUT2D eigenvalue weighted by Crippen LogP contribution is 2.13. The van der Waals surface area contributed by atoms with Gasteiger partial charge in [0.1, 0.15) is 13.2 Å². The highest BCUT2D eigenvalue weighted by molar-refractivity contribution is 5.71. The zero-order chi connectivity index (χ0) is 45.8. The normalized spacial score (nSPS) is 12.7. The number of esters is 3. The molecule has 0 aromatic heterocycles. The minimum Gasteiger partial charge on any atom is -0.462 e. The van der Waals surface area contributed by atoms with Gasteiger partial charge in [0.25, 0.3) is 0 Å². The van der Waals surface area contributed by atoms with E-state index in [0.717, 1.165) is 103 Å². The molecule has 6 nitrogen and oxygen atoms in total. The summed E-state index contributed by atoms with van der Waals surface area (Å²) in [6, 6.07) is 0. The van der Waals surface area contributed by atoms with Crippen molar-refractivity contribution in [2.75, 3.05) is 13.2 Å². The van der Waals surface area contributed by atoms with Crippen molar-refractivity contribution in [3.63, 3.8) is 0 Å². The number of unbranched alkanes of at least 4 members (excludes halogenated alkanes) is 21. The Morgan fingerprint density at radius 2 is 0.635 bits per heavy atom. The van der Waals surface area contributed by atoms with Gasteiger partial charge in [-0.1, -0.05) is 196 Å². The molecule has 1 atom stereocenters. The van der Waals surface area contributed by atoms with Crippen LogP contribution in [-0.2, 0) is 28.6 Å². The van der Waals surface area contributed by atoms with Crippen LogP contribution in [0.2, 0.25) is 0 Å². The molecule has 0 aliphatic rings. The van der Waals surface area contributed by atoms with E-state index in [1.807, 2.05) is 0 Å². The minimum absolute atomic E-state index is 0.103. The van der Waals surface area contributed by atoms with Gasteiger partial charge in [0, 0.05) is 19.3 Å². The van der Waals surface area contributed by atoms with E-state index in [1.54, 1.807) is 0 Å². The summed E-state index contributed by atoms with van der Waals surface area (Å²) in [6.07, 6.45) is 65.7. The number of carbonyl (C=O) groups is 3. The van der Waals surface area contributed by atoms with E-state index >= 15 is 0 Å². The predicted octanol–water partition coefficient (Wildman–Crippen LogP) is 17.2. The molecular weight excluding hydrogens is 781 g/mol. The maximum absolute atomic E-state index is 12.8. The van der Waals surface area contributed by atoms with Crippen LogP contribution in [0.4, 0.5) is 0 Å². The molecule has 1 unspecified atom stereocenters. The summed E-state index contributed by atoms with van der Waals surface area (Å²) in [6.45, 7) is 6.43. The SMILES string of the molecule is CC/C=C\C/C=C\C/C=C\CCCCCCCCC(=O)OC(COC(=O)CCC/C=C\C/C=C\C/C=C\CCCCCCCC)COC(=O)CCCCCCC/C=C\CCCCC. The van der Waals surface area contributed by atoms with E-state index in [9.17, 15) is 14.4 Å². The molecule has 0 saturated carbocycles. The molecule has 360 valence electrons. The van der Waals surface area contributed by atoms with Crippen molar-refractivity contribution in [3.8, 4) is 0 Å². The number of hydrogen-bond acceptors (Lipinski definition) is 6. The molecule has 6 heteroatoms. The molecule has 0 spiro atoms. The molecule has 0 amide bonds. The lowest BCUT2D eigenvalue weighted by molar-refractivity contribution is -0.167. The molecule has 0 N–H and O–H groups in total. The van der Waals surface area contributed by atoms with Gasteiger partial charge in [-0.2, -0.15) is 0 Å². The molecule has 0 fully saturated rings. The van der Waals surface area contributed by atoms with Crippen molar-refractivity contribution in [1.82, 2.24) is 0 Å². The van der Waals surface area contributed by atoms with Crippen LogP contribution in [0.15, 0.2) is 85.1 Å². The summed E-state index contributed by atoms with van der Waals surface area (Å²) in [5, 5.41) is 0. The average molecular weight is 877 g/mol. The molecule has 0 rings (SSSR count). The Kier molecular flexibility index (Phi) is 48.5. The van der Waals surface area contributed by atoms with Crippen LogP contribution >= 0.6 is 0 Å². The average Bonchev–Trinajstić information content (AvgIpc) is 3.28. The molecular formula is C57H96O6. The van der Waals surface area contributed by atoms with E-state index in [1.165, 1.54) is 89.9 Å². The van der Waals surface area contributed by atoms with Crippen molar-refractivity contribution >= 4 is 17.9 Å². The molecule has 63 heavy (non-hydrogen) atoms. The van der Waals surface area contributed by atoms with Crippen LogP contribution in [0.5, 0.6) is 0 Å². The van der Waals surface area contributed by atoms with Gasteiger partial charge in [0.15, 0.2) is 6.10 Å².